The lowest BCUT2D eigenvalue weighted by Crippen LogP contribution is -2.24. The predicted molar refractivity (Wildman–Crippen MR) is 91.6 cm³/mol. The molecule has 0 atom stereocenters. The van der Waals surface area contributed by atoms with E-state index in [0.717, 1.165) is 37.0 Å². The van der Waals surface area contributed by atoms with Crippen LogP contribution >= 0.6 is 0 Å². The Hall–Kier alpha value is -0.790. The molecule has 0 heterocycles. The van der Waals surface area contributed by atoms with E-state index >= 15 is 0 Å². The van der Waals surface area contributed by atoms with Crippen LogP contribution in [-0.2, 0) is 9.53 Å². The van der Waals surface area contributed by atoms with Crippen LogP contribution in [0.25, 0.3) is 0 Å². The SMILES string of the molecule is CC/C=C/C(=O)OC1CCC(CCC2CCC(C)CC2)CC1. The summed E-state index contributed by atoms with van der Waals surface area (Å²) in [6.45, 7) is 4.43. The first-order valence-electron chi connectivity index (χ1n) is 9.54. The average molecular weight is 306 g/mol. The minimum absolute atomic E-state index is 0.151. The number of ether oxygens (including phenoxy) is 1. The van der Waals surface area contributed by atoms with Gasteiger partial charge < -0.3 is 4.74 Å². The minimum atomic E-state index is -0.151. The van der Waals surface area contributed by atoms with Crippen LogP contribution in [0.15, 0.2) is 12.2 Å². The van der Waals surface area contributed by atoms with E-state index in [1.807, 2.05) is 13.0 Å². The van der Waals surface area contributed by atoms with Crippen LogP contribution in [0.4, 0.5) is 0 Å². The number of allylic oxidation sites excluding steroid dienone is 1. The maximum Gasteiger partial charge on any atom is 0.330 e. The van der Waals surface area contributed by atoms with Crippen molar-refractivity contribution in [2.75, 3.05) is 0 Å². The minimum Gasteiger partial charge on any atom is -0.459 e. The second-order valence-electron chi connectivity index (χ2n) is 7.59. The molecule has 0 radical (unpaired) electrons. The Labute approximate surface area is 136 Å². The molecule has 0 aromatic heterocycles. The summed E-state index contributed by atoms with van der Waals surface area (Å²) in [7, 11) is 0. The molecular formula is C20H34O2. The van der Waals surface area contributed by atoms with Crippen molar-refractivity contribution in [3.8, 4) is 0 Å². The van der Waals surface area contributed by atoms with E-state index in [2.05, 4.69) is 6.92 Å². The highest BCUT2D eigenvalue weighted by molar-refractivity contribution is 5.82. The molecule has 2 rings (SSSR count). The molecule has 0 spiro atoms. The summed E-state index contributed by atoms with van der Waals surface area (Å²) < 4.78 is 5.52. The Kier molecular flexibility index (Phi) is 7.48. The van der Waals surface area contributed by atoms with Crippen molar-refractivity contribution < 1.29 is 9.53 Å². The van der Waals surface area contributed by atoms with Gasteiger partial charge in [0.2, 0.25) is 0 Å². The van der Waals surface area contributed by atoms with Crippen molar-refractivity contribution >= 4 is 5.97 Å². The lowest BCUT2D eigenvalue weighted by atomic mass is 9.77. The van der Waals surface area contributed by atoms with Crippen molar-refractivity contribution in [3.05, 3.63) is 12.2 Å². The molecule has 0 aromatic rings. The molecule has 2 saturated carbocycles. The summed E-state index contributed by atoms with van der Waals surface area (Å²) in [5.41, 5.74) is 0. The fourth-order valence-corrected chi connectivity index (χ4v) is 4.05. The molecule has 0 amide bonds. The van der Waals surface area contributed by atoms with Gasteiger partial charge in [-0.25, -0.2) is 4.79 Å². The summed E-state index contributed by atoms with van der Waals surface area (Å²) >= 11 is 0. The molecule has 2 aliphatic rings. The average Bonchev–Trinajstić information content (AvgIpc) is 2.54. The van der Waals surface area contributed by atoms with Gasteiger partial charge in [0.25, 0.3) is 0 Å². The first-order valence-corrected chi connectivity index (χ1v) is 9.54. The second kappa shape index (κ2) is 9.37. The van der Waals surface area contributed by atoms with Gasteiger partial charge in [0.1, 0.15) is 6.10 Å². The Balaban J connectivity index is 1.59. The quantitative estimate of drug-likeness (QED) is 0.467. The van der Waals surface area contributed by atoms with Gasteiger partial charge in [0.05, 0.1) is 0 Å². The molecule has 0 bridgehead atoms. The first kappa shape index (κ1) is 17.6. The monoisotopic (exact) mass is 306 g/mol. The first-order chi connectivity index (χ1) is 10.7. The van der Waals surface area contributed by atoms with Gasteiger partial charge in [0, 0.05) is 6.08 Å². The lowest BCUT2D eigenvalue weighted by Gasteiger charge is -2.31. The zero-order chi connectivity index (χ0) is 15.8. The van der Waals surface area contributed by atoms with Gasteiger partial charge in [-0.15, -0.1) is 0 Å². The highest BCUT2D eigenvalue weighted by atomic mass is 16.5. The van der Waals surface area contributed by atoms with Crippen molar-refractivity contribution in [3.63, 3.8) is 0 Å². The zero-order valence-corrected chi connectivity index (χ0v) is 14.6. The molecule has 0 unspecified atom stereocenters. The Morgan fingerprint density at radius 3 is 2.05 bits per heavy atom. The van der Waals surface area contributed by atoms with E-state index in [1.165, 1.54) is 51.4 Å². The van der Waals surface area contributed by atoms with Crippen LogP contribution in [0.1, 0.15) is 84.5 Å². The molecule has 2 fully saturated rings. The lowest BCUT2D eigenvalue weighted by molar-refractivity contribution is -0.144. The van der Waals surface area contributed by atoms with E-state index in [4.69, 9.17) is 4.74 Å². The maximum absolute atomic E-state index is 11.6. The van der Waals surface area contributed by atoms with Gasteiger partial charge in [-0.2, -0.15) is 0 Å². The molecule has 0 aliphatic heterocycles. The highest BCUT2D eigenvalue weighted by Crippen LogP contribution is 2.35. The zero-order valence-electron chi connectivity index (χ0n) is 14.6. The Bertz CT molecular complexity index is 345. The maximum atomic E-state index is 11.6. The highest BCUT2D eigenvalue weighted by Gasteiger charge is 2.25. The normalized spacial score (nSPS) is 33.0. The van der Waals surface area contributed by atoms with Crippen LogP contribution in [0.3, 0.4) is 0 Å². The standard InChI is InChI=1S/C20H34O2/c1-3-4-5-20(21)22-19-14-12-18(13-15-19)11-10-17-8-6-16(2)7-9-17/h4-5,16-19H,3,6-15H2,1-2H3/b5-4+. The fraction of sp³-hybridized carbons (Fsp3) is 0.850. The van der Waals surface area contributed by atoms with Crippen LogP contribution in [0, 0.1) is 17.8 Å². The summed E-state index contributed by atoms with van der Waals surface area (Å²) in [5, 5.41) is 0. The van der Waals surface area contributed by atoms with Gasteiger partial charge in [0.15, 0.2) is 0 Å². The summed E-state index contributed by atoms with van der Waals surface area (Å²) in [6.07, 6.45) is 17.8. The summed E-state index contributed by atoms with van der Waals surface area (Å²) in [6, 6.07) is 0. The van der Waals surface area contributed by atoms with E-state index in [1.54, 1.807) is 6.08 Å². The van der Waals surface area contributed by atoms with Crippen LogP contribution < -0.4 is 0 Å². The third-order valence-electron chi connectivity index (χ3n) is 5.68. The van der Waals surface area contributed by atoms with E-state index in [-0.39, 0.29) is 12.1 Å². The van der Waals surface area contributed by atoms with Crippen LogP contribution in [-0.4, -0.2) is 12.1 Å². The Morgan fingerprint density at radius 1 is 0.955 bits per heavy atom. The third-order valence-corrected chi connectivity index (χ3v) is 5.68. The van der Waals surface area contributed by atoms with Crippen molar-refractivity contribution in [1.29, 1.82) is 0 Å². The predicted octanol–water partition coefficient (Wildman–Crippen LogP) is 5.66. The number of carbonyl (C=O) groups is 1. The molecular weight excluding hydrogens is 272 g/mol. The molecule has 0 N–H and O–H groups in total. The molecule has 0 aromatic carbocycles. The topological polar surface area (TPSA) is 26.3 Å². The number of hydrogen-bond acceptors (Lipinski definition) is 2. The van der Waals surface area contributed by atoms with E-state index in [0.29, 0.717) is 0 Å². The molecule has 2 heteroatoms. The molecule has 2 aliphatic carbocycles. The number of esters is 1. The molecule has 0 saturated heterocycles. The van der Waals surface area contributed by atoms with Crippen LogP contribution in [0.2, 0.25) is 0 Å². The fourth-order valence-electron chi connectivity index (χ4n) is 4.05. The Morgan fingerprint density at radius 2 is 1.50 bits per heavy atom. The van der Waals surface area contributed by atoms with Crippen LogP contribution in [0.5, 0.6) is 0 Å². The van der Waals surface area contributed by atoms with E-state index < -0.39 is 0 Å². The number of rotatable bonds is 6. The van der Waals surface area contributed by atoms with Crippen molar-refractivity contribution in [2.45, 2.75) is 90.6 Å². The van der Waals surface area contributed by atoms with Gasteiger partial charge in [-0.1, -0.05) is 58.4 Å². The van der Waals surface area contributed by atoms with Gasteiger partial charge in [-0.3, -0.25) is 0 Å². The third kappa shape index (κ3) is 6.14. The van der Waals surface area contributed by atoms with Gasteiger partial charge in [-0.05, 0) is 49.9 Å². The smallest absolute Gasteiger partial charge is 0.330 e. The molecule has 22 heavy (non-hydrogen) atoms. The number of hydrogen-bond donors (Lipinski definition) is 0. The van der Waals surface area contributed by atoms with Crippen molar-refractivity contribution in [2.24, 2.45) is 17.8 Å². The van der Waals surface area contributed by atoms with E-state index in [9.17, 15) is 4.79 Å². The summed E-state index contributed by atoms with van der Waals surface area (Å²) in [5.74, 6) is 2.68. The van der Waals surface area contributed by atoms with Crippen molar-refractivity contribution in [1.82, 2.24) is 0 Å². The second-order valence-corrected chi connectivity index (χ2v) is 7.59. The number of carbonyl (C=O) groups excluding carboxylic acids is 1. The van der Waals surface area contributed by atoms with Gasteiger partial charge >= 0.3 is 5.97 Å². The molecule has 126 valence electrons. The summed E-state index contributed by atoms with van der Waals surface area (Å²) in [4.78, 5) is 11.6. The molecule has 2 nitrogen and oxygen atoms in total. The largest absolute Gasteiger partial charge is 0.459 e.